The summed E-state index contributed by atoms with van der Waals surface area (Å²) in [6.07, 6.45) is 9.79. The van der Waals surface area contributed by atoms with Gasteiger partial charge < -0.3 is 19.2 Å². The van der Waals surface area contributed by atoms with E-state index in [1.54, 1.807) is 45.9 Å². The van der Waals surface area contributed by atoms with Crippen molar-refractivity contribution in [1.82, 2.24) is 15.0 Å². The number of aromatic nitrogens is 3. The van der Waals surface area contributed by atoms with Crippen molar-refractivity contribution < 1.29 is 19.0 Å². The second-order valence-corrected chi connectivity index (χ2v) is 7.49. The van der Waals surface area contributed by atoms with Gasteiger partial charge in [0.25, 0.3) is 0 Å². The summed E-state index contributed by atoms with van der Waals surface area (Å²) in [5.41, 5.74) is 2.25. The third kappa shape index (κ3) is 3.81. The van der Waals surface area contributed by atoms with Gasteiger partial charge in [0.1, 0.15) is 5.52 Å². The zero-order valence-corrected chi connectivity index (χ0v) is 17.8. The number of hydrogen-bond donors (Lipinski definition) is 1. The smallest absolute Gasteiger partial charge is 0.203 e. The average molecular weight is 407 g/mol. The van der Waals surface area contributed by atoms with Crippen LogP contribution in [-0.4, -0.2) is 42.1 Å². The standard InChI is InChI=1S/C23H25N3O4/c1-7-8-9-23(2,3)21(27)15-12-24-22-19(15)26-16(13-25-22)14-10-17(28-4)20(30-6)18(11-14)29-5/h1,10-13H,8-9H2,2-6H3,(H,24,25). The van der Waals surface area contributed by atoms with Crippen molar-refractivity contribution in [2.45, 2.75) is 26.7 Å². The summed E-state index contributed by atoms with van der Waals surface area (Å²) in [6, 6.07) is 3.59. The monoisotopic (exact) mass is 407 g/mol. The molecule has 156 valence electrons. The van der Waals surface area contributed by atoms with Crippen molar-refractivity contribution in [1.29, 1.82) is 0 Å². The van der Waals surface area contributed by atoms with Crippen LogP contribution in [0.1, 0.15) is 37.0 Å². The first-order valence-electron chi connectivity index (χ1n) is 9.49. The van der Waals surface area contributed by atoms with Gasteiger partial charge in [0.05, 0.1) is 38.8 Å². The average Bonchev–Trinajstić information content (AvgIpc) is 3.19. The lowest BCUT2D eigenvalue weighted by atomic mass is 9.81. The number of rotatable bonds is 8. The van der Waals surface area contributed by atoms with Gasteiger partial charge in [-0.2, -0.15) is 0 Å². The maximum Gasteiger partial charge on any atom is 0.203 e. The highest BCUT2D eigenvalue weighted by Crippen LogP contribution is 2.41. The van der Waals surface area contributed by atoms with E-state index in [4.69, 9.17) is 25.6 Å². The van der Waals surface area contributed by atoms with Gasteiger partial charge in [-0.25, -0.2) is 9.97 Å². The maximum atomic E-state index is 13.2. The number of benzene rings is 1. The highest BCUT2D eigenvalue weighted by molar-refractivity contribution is 6.08. The number of carbonyl (C=O) groups excluding carboxylic acids is 1. The molecule has 2 heterocycles. The van der Waals surface area contributed by atoms with Crippen LogP contribution >= 0.6 is 0 Å². The Bertz CT molecular complexity index is 1100. The van der Waals surface area contributed by atoms with Crippen molar-refractivity contribution in [3.05, 3.63) is 30.1 Å². The molecule has 7 nitrogen and oxygen atoms in total. The van der Waals surface area contributed by atoms with E-state index in [2.05, 4.69) is 15.9 Å². The molecule has 3 aromatic rings. The fourth-order valence-corrected chi connectivity index (χ4v) is 3.30. The third-order valence-corrected chi connectivity index (χ3v) is 5.09. The lowest BCUT2D eigenvalue weighted by Crippen LogP contribution is -2.24. The Morgan fingerprint density at radius 3 is 2.40 bits per heavy atom. The lowest BCUT2D eigenvalue weighted by molar-refractivity contribution is 0.0830. The van der Waals surface area contributed by atoms with E-state index < -0.39 is 5.41 Å². The first-order valence-corrected chi connectivity index (χ1v) is 9.49. The summed E-state index contributed by atoms with van der Waals surface area (Å²) in [6.45, 7) is 3.78. The summed E-state index contributed by atoms with van der Waals surface area (Å²) in [4.78, 5) is 25.4. The first-order chi connectivity index (χ1) is 14.4. The molecule has 30 heavy (non-hydrogen) atoms. The molecule has 0 bridgehead atoms. The minimum Gasteiger partial charge on any atom is -0.493 e. The zero-order chi connectivity index (χ0) is 21.9. The van der Waals surface area contributed by atoms with Crippen LogP contribution < -0.4 is 14.2 Å². The highest BCUT2D eigenvalue weighted by Gasteiger charge is 2.30. The number of nitrogens with zero attached hydrogens (tertiary/aromatic N) is 2. The molecule has 0 saturated carbocycles. The van der Waals surface area contributed by atoms with E-state index in [1.807, 2.05) is 13.8 Å². The number of H-pyrrole nitrogens is 1. The maximum absolute atomic E-state index is 13.2. The largest absolute Gasteiger partial charge is 0.493 e. The summed E-state index contributed by atoms with van der Waals surface area (Å²) >= 11 is 0. The Labute approximate surface area is 175 Å². The lowest BCUT2D eigenvalue weighted by Gasteiger charge is -2.21. The third-order valence-electron chi connectivity index (χ3n) is 5.09. The number of terminal acetylenes is 1. The molecule has 0 atom stereocenters. The second kappa shape index (κ2) is 8.46. The first kappa shape index (κ1) is 21.2. The molecular formula is C23H25N3O4. The van der Waals surface area contributed by atoms with Crippen molar-refractivity contribution in [2.75, 3.05) is 21.3 Å². The summed E-state index contributed by atoms with van der Waals surface area (Å²) in [5.74, 6) is 4.08. The molecule has 3 rings (SSSR count). The van der Waals surface area contributed by atoms with Crippen molar-refractivity contribution >= 4 is 16.9 Å². The molecule has 0 amide bonds. The minimum absolute atomic E-state index is 0.0275. The number of fused-ring (bicyclic) bond motifs is 1. The number of methoxy groups -OCH3 is 3. The SMILES string of the molecule is C#CCCC(C)(C)C(=O)c1c[nH]c2ncc(-c3cc(OC)c(OC)c(OC)c3)nc12. The number of nitrogens with one attached hydrogen (secondary N) is 1. The molecule has 0 aliphatic carbocycles. The summed E-state index contributed by atoms with van der Waals surface area (Å²) in [7, 11) is 4.65. The molecule has 7 heteroatoms. The van der Waals surface area contributed by atoms with Gasteiger partial charge in [-0.15, -0.1) is 12.3 Å². The normalized spacial score (nSPS) is 11.2. The summed E-state index contributed by atoms with van der Waals surface area (Å²) < 4.78 is 16.2. The van der Waals surface area contributed by atoms with Crippen LogP contribution in [0.25, 0.3) is 22.4 Å². The fraction of sp³-hybridized carbons (Fsp3) is 0.348. The molecule has 0 unspecified atom stereocenters. The molecule has 0 spiro atoms. The van der Waals surface area contributed by atoms with Crippen molar-refractivity contribution in [2.24, 2.45) is 5.41 Å². The second-order valence-electron chi connectivity index (χ2n) is 7.49. The number of ether oxygens (including phenoxy) is 3. The van der Waals surface area contributed by atoms with E-state index in [-0.39, 0.29) is 5.78 Å². The van der Waals surface area contributed by atoms with Gasteiger partial charge in [0.2, 0.25) is 5.75 Å². The molecule has 0 aliphatic rings. The Kier molecular flexibility index (Phi) is 5.97. The Morgan fingerprint density at radius 1 is 1.17 bits per heavy atom. The van der Waals surface area contributed by atoms with Gasteiger partial charge >= 0.3 is 0 Å². The molecule has 0 radical (unpaired) electrons. The minimum atomic E-state index is -0.605. The van der Waals surface area contributed by atoms with Gasteiger partial charge in [-0.1, -0.05) is 13.8 Å². The van der Waals surface area contributed by atoms with Gasteiger partial charge in [0, 0.05) is 23.6 Å². The van der Waals surface area contributed by atoms with Crippen LogP contribution in [0.2, 0.25) is 0 Å². The van der Waals surface area contributed by atoms with Crippen LogP contribution in [-0.2, 0) is 0 Å². The van der Waals surface area contributed by atoms with E-state index in [0.29, 0.717) is 52.5 Å². The molecular weight excluding hydrogens is 382 g/mol. The topological polar surface area (TPSA) is 86.3 Å². The van der Waals surface area contributed by atoms with Gasteiger partial charge in [-0.05, 0) is 18.6 Å². The van der Waals surface area contributed by atoms with E-state index in [1.165, 1.54) is 0 Å². The van der Waals surface area contributed by atoms with Crippen LogP contribution in [0, 0.1) is 17.8 Å². The number of Topliss-reactive ketones (excluding diaryl/α,β-unsaturated/α-hetero) is 1. The highest BCUT2D eigenvalue weighted by atomic mass is 16.5. The fourth-order valence-electron chi connectivity index (χ4n) is 3.30. The molecule has 0 fully saturated rings. The number of carbonyl (C=O) groups is 1. The number of hydrogen-bond acceptors (Lipinski definition) is 6. The molecule has 2 aromatic heterocycles. The van der Waals surface area contributed by atoms with Gasteiger partial charge in [0.15, 0.2) is 22.9 Å². The zero-order valence-electron chi connectivity index (χ0n) is 17.8. The number of aromatic amines is 1. The van der Waals surface area contributed by atoms with E-state index in [9.17, 15) is 4.79 Å². The van der Waals surface area contributed by atoms with Crippen LogP contribution in [0.4, 0.5) is 0 Å². The van der Waals surface area contributed by atoms with Crippen LogP contribution in [0.3, 0.4) is 0 Å². The Morgan fingerprint density at radius 2 is 1.83 bits per heavy atom. The van der Waals surface area contributed by atoms with Crippen LogP contribution in [0.5, 0.6) is 17.2 Å². The quantitative estimate of drug-likeness (QED) is 0.443. The predicted molar refractivity (Wildman–Crippen MR) is 115 cm³/mol. The van der Waals surface area contributed by atoms with Crippen molar-refractivity contribution in [3.63, 3.8) is 0 Å². The molecule has 0 saturated heterocycles. The van der Waals surface area contributed by atoms with Crippen molar-refractivity contribution in [3.8, 4) is 40.8 Å². The summed E-state index contributed by atoms with van der Waals surface area (Å²) in [5, 5.41) is 0. The van der Waals surface area contributed by atoms with Crippen LogP contribution in [0.15, 0.2) is 24.5 Å². The Balaban J connectivity index is 2.10. The van der Waals surface area contributed by atoms with E-state index >= 15 is 0 Å². The van der Waals surface area contributed by atoms with Gasteiger partial charge in [-0.3, -0.25) is 4.79 Å². The molecule has 0 aliphatic heterocycles. The number of ketones is 1. The molecule has 1 N–H and O–H groups in total. The molecule has 1 aromatic carbocycles. The van der Waals surface area contributed by atoms with E-state index in [0.717, 1.165) is 5.56 Å². The predicted octanol–water partition coefficient (Wildman–Crippen LogP) is 4.27. The Hall–Kier alpha value is -3.53.